The van der Waals surface area contributed by atoms with Gasteiger partial charge in [0, 0.05) is 24.2 Å². The molecule has 6 nitrogen and oxygen atoms in total. The first-order valence-electron chi connectivity index (χ1n) is 9.32. The van der Waals surface area contributed by atoms with Crippen molar-refractivity contribution in [2.45, 2.75) is 30.7 Å². The van der Waals surface area contributed by atoms with E-state index in [0.29, 0.717) is 38.3 Å². The number of nitrogens with one attached hydrogen (secondary N) is 1. The summed E-state index contributed by atoms with van der Waals surface area (Å²) in [5, 5.41) is 3.01. The predicted molar refractivity (Wildman–Crippen MR) is 108 cm³/mol. The van der Waals surface area contributed by atoms with Crippen molar-refractivity contribution < 1.29 is 17.9 Å². The third kappa shape index (κ3) is 4.98. The molecule has 0 bridgehead atoms. The fraction of sp³-hybridized carbons (Fsp3) is 0.381. The third-order valence-corrected chi connectivity index (χ3v) is 6.54. The van der Waals surface area contributed by atoms with E-state index in [9.17, 15) is 13.2 Å². The summed E-state index contributed by atoms with van der Waals surface area (Å²) >= 11 is 0. The molecule has 1 aliphatic heterocycles. The van der Waals surface area contributed by atoms with Gasteiger partial charge >= 0.3 is 0 Å². The van der Waals surface area contributed by atoms with Crippen LogP contribution in [-0.2, 0) is 21.2 Å². The lowest BCUT2D eigenvalue weighted by Gasteiger charge is -2.27. The van der Waals surface area contributed by atoms with Gasteiger partial charge in [-0.2, -0.15) is 4.31 Å². The number of carbonyl (C=O) groups excluding carboxylic acids is 1. The van der Waals surface area contributed by atoms with Crippen LogP contribution in [0.4, 0.5) is 0 Å². The number of carbonyl (C=O) groups is 1. The number of hydrogen-bond donors (Lipinski definition) is 1. The van der Waals surface area contributed by atoms with Crippen molar-refractivity contribution in [1.82, 2.24) is 9.62 Å². The lowest BCUT2D eigenvalue weighted by molar-refractivity contribution is 0.0730. The largest absolute Gasteiger partial charge is 0.379 e. The Kier molecular flexibility index (Phi) is 6.17. The van der Waals surface area contributed by atoms with Crippen LogP contribution in [0.25, 0.3) is 0 Å². The van der Waals surface area contributed by atoms with Gasteiger partial charge in [0.2, 0.25) is 10.0 Å². The molecule has 7 heteroatoms. The number of amides is 1. The average molecular weight is 403 g/mol. The summed E-state index contributed by atoms with van der Waals surface area (Å²) in [5.74, 6) is -0.292. The van der Waals surface area contributed by atoms with Crippen LogP contribution in [0.3, 0.4) is 0 Å². The highest BCUT2D eigenvalue weighted by molar-refractivity contribution is 7.89. The topological polar surface area (TPSA) is 75.7 Å². The Morgan fingerprint density at radius 2 is 1.75 bits per heavy atom. The second-order valence-electron chi connectivity index (χ2n) is 7.54. The number of morpholine rings is 1. The lowest BCUT2D eigenvalue weighted by atomic mass is 9.94. The summed E-state index contributed by atoms with van der Waals surface area (Å²) in [7, 11) is -3.64. The summed E-state index contributed by atoms with van der Waals surface area (Å²) in [6.45, 7) is 5.31. The van der Waals surface area contributed by atoms with Gasteiger partial charge in [0.05, 0.1) is 18.1 Å². The first kappa shape index (κ1) is 20.5. The molecule has 150 valence electrons. The first-order valence-corrected chi connectivity index (χ1v) is 10.8. The van der Waals surface area contributed by atoms with Crippen molar-refractivity contribution in [2.75, 3.05) is 26.3 Å². The van der Waals surface area contributed by atoms with Gasteiger partial charge in [0.1, 0.15) is 0 Å². The minimum absolute atomic E-state index is 0.128. The monoisotopic (exact) mass is 402 g/mol. The number of sulfonamides is 1. The van der Waals surface area contributed by atoms with Gasteiger partial charge < -0.3 is 10.1 Å². The molecule has 0 atom stereocenters. The van der Waals surface area contributed by atoms with Crippen LogP contribution in [0.1, 0.15) is 29.8 Å². The maximum atomic E-state index is 12.8. The molecule has 1 N–H and O–H groups in total. The Hall–Kier alpha value is -2.22. The van der Waals surface area contributed by atoms with Gasteiger partial charge in [-0.05, 0) is 44.0 Å². The number of ether oxygens (including phenoxy) is 1. The zero-order valence-corrected chi connectivity index (χ0v) is 17.0. The molecule has 1 amide bonds. The van der Waals surface area contributed by atoms with E-state index in [1.165, 1.54) is 16.4 Å². The van der Waals surface area contributed by atoms with E-state index in [1.54, 1.807) is 12.1 Å². The molecule has 3 rings (SSSR count). The highest BCUT2D eigenvalue weighted by atomic mass is 32.2. The van der Waals surface area contributed by atoms with Gasteiger partial charge in [-0.25, -0.2) is 8.42 Å². The predicted octanol–water partition coefficient (Wildman–Crippen LogP) is 2.46. The maximum absolute atomic E-state index is 12.8. The minimum Gasteiger partial charge on any atom is -0.379 e. The molecular formula is C21H26N2O4S. The minimum atomic E-state index is -3.64. The molecule has 2 aromatic carbocycles. The van der Waals surface area contributed by atoms with E-state index in [0.717, 1.165) is 5.56 Å². The van der Waals surface area contributed by atoms with E-state index >= 15 is 0 Å². The number of rotatable bonds is 6. The third-order valence-electron chi connectivity index (χ3n) is 4.64. The van der Waals surface area contributed by atoms with E-state index in [4.69, 9.17) is 4.74 Å². The van der Waals surface area contributed by atoms with Crippen molar-refractivity contribution in [1.29, 1.82) is 0 Å². The molecule has 0 unspecified atom stereocenters. The Morgan fingerprint density at radius 1 is 1.07 bits per heavy atom. The number of hydrogen-bond acceptors (Lipinski definition) is 4. The van der Waals surface area contributed by atoms with Crippen molar-refractivity contribution in [2.24, 2.45) is 0 Å². The smallest absolute Gasteiger partial charge is 0.251 e. The second kappa shape index (κ2) is 8.43. The first-order chi connectivity index (χ1) is 13.3. The Labute approximate surface area is 166 Å². The number of benzene rings is 2. The summed E-state index contributed by atoms with van der Waals surface area (Å²) in [6, 6.07) is 16.1. The van der Waals surface area contributed by atoms with Crippen LogP contribution in [0.15, 0.2) is 59.5 Å². The Morgan fingerprint density at radius 3 is 2.43 bits per heavy atom. The highest BCUT2D eigenvalue weighted by Gasteiger charge is 2.27. The average Bonchev–Trinajstić information content (AvgIpc) is 2.69. The van der Waals surface area contributed by atoms with Gasteiger partial charge in [-0.3, -0.25) is 4.79 Å². The molecule has 0 spiro atoms. The summed E-state index contributed by atoms with van der Waals surface area (Å²) in [4.78, 5) is 12.9. The SMILES string of the molecule is CC(C)(Cc1ccccc1)NC(=O)c1cccc(S(=O)(=O)N2CCOCC2)c1. The van der Waals surface area contributed by atoms with Crippen LogP contribution in [-0.4, -0.2) is 50.5 Å². The molecule has 0 radical (unpaired) electrons. The van der Waals surface area contributed by atoms with Crippen LogP contribution in [0.5, 0.6) is 0 Å². The second-order valence-corrected chi connectivity index (χ2v) is 9.48. The van der Waals surface area contributed by atoms with Gasteiger partial charge in [-0.15, -0.1) is 0 Å². The molecule has 1 fully saturated rings. The van der Waals surface area contributed by atoms with E-state index in [1.807, 2.05) is 44.2 Å². The van der Waals surface area contributed by atoms with Gasteiger partial charge in [-0.1, -0.05) is 36.4 Å². The number of nitrogens with zero attached hydrogens (tertiary/aromatic N) is 1. The molecule has 1 heterocycles. The fourth-order valence-electron chi connectivity index (χ4n) is 3.26. The van der Waals surface area contributed by atoms with Crippen molar-refractivity contribution in [3.8, 4) is 0 Å². The zero-order valence-electron chi connectivity index (χ0n) is 16.2. The van der Waals surface area contributed by atoms with Crippen molar-refractivity contribution in [3.63, 3.8) is 0 Å². The van der Waals surface area contributed by atoms with Crippen LogP contribution < -0.4 is 5.32 Å². The molecule has 28 heavy (non-hydrogen) atoms. The molecule has 1 saturated heterocycles. The fourth-order valence-corrected chi connectivity index (χ4v) is 4.72. The van der Waals surface area contributed by atoms with Gasteiger partial charge in [0.25, 0.3) is 5.91 Å². The van der Waals surface area contributed by atoms with Gasteiger partial charge in [0.15, 0.2) is 0 Å². The van der Waals surface area contributed by atoms with Crippen LogP contribution in [0.2, 0.25) is 0 Å². The van der Waals surface area contributed by atoms with Crippen LogP contribution in [0, 0.1) is 0 Å². The Balaban J connectivity index is 1.75. The molecule has 2 aromatic rings. The molecule has 1 aliphatic rings. The summed E-state index contributed by atoms with van der Waals surface area (Å²) < 4.78 is 32.3. The normalized spacial score (nSPS) is 15.9. The quantitative estimate of drug-likeness (QED) is 0.805. The van der Waals surface area contributed by atoms with E-state index in [-0.39, 0.29) is 10.8 Å². The maximum Gasteiger partial charge on any atom is 0.251 e. The van der Waals surface area contributed by atoms with Crippen LogP contribution >= 0.6 is 0 Å². The van der Waals surface area contributed by atoms with E-state index in [2.05, 4.69) is 5.32 Å². The highest BCUT2D eigenvalue weighted by Crippen LogP contribution is 2.19. The van der Waals surface area contributed by atoms with E-state index < -0.39 is 15.6 Å². The molecule has 0 saturated carbocycles. The molecule has 0 aliphatic carbocycles. The summed E-state index contributed by atoms with van der Waals surface area (Å²) in [5.41, 5.74) is 0.976. The summed E-state index contributed by atoms with van der Waals surface area (Å²) in [6.07, 6.45) is 0.672. The standard InChI is InChI=1S/C21H26N2O4S/c1-21(2,16-17-7-4-3-5-8-17)22-20(24)18-9-6-10-19(15-18)28(25,26)23-11-13-27-14-12-23/h3-10,15H,11-14,16H2,1-2H3,(H,22,24). The Bertz CT molecular complexity index is 920. The van der Waals surface area contributed by atoms with Crippen molar-refractivity contribution >= 4 is 15.9 Å². The zero-order chi connectivity index (χ0) is 20.2. The molecular weight excluding hydrogens is 376 g/mol. The van der Waals surface area contributed by atoms with Crippen molar-refractivity contribution in [3.05, 3.63) is 65.7 Å². The lowest BCUT2D eigenvalue weighted by Crippen LogP contribution is -2.45. The molecule has 0 aromatic heterocycles.